The molecule has 0 radical (unpaired) electrons. The van der Waals surface area contributed by atoms with E-state index < -0.39 is 37.7 Å². The Morgan fingerprint density at radius 2 is 1.86 bits per heavy atom. The number of carbonyl (C=O) groups is 1. The molecule has 10 heteroatoms. The first-order valence-electron chi connectivity index (χ1n) is 6.29. The SMILES string of the molecule is O=C(O)[C@@H]1CCCCN1S(=O)(=O)c1cc(Cl)c(Cl)c(Cl)c1O. The first kappa shape index (κ1) is 17.6. The van der Waals surface area contributed by atoms with Crippen LogP contribution >= 0.6 is 34.8 Å². The van der Waals surface area contributed by atoms with E-state index in [-0.39, 0.29) is 23.0 Å². The zero-order valence-electron chi connectivity index (χ0n) is 11.1. The first-order chi connectivity index (χ1) is 10.2. The van der Waals surface area contributed by atoms with Gasteiger partial charge in [0.2, 0.25) is 10.0 Å². The summed E-state index contributed by atoms with van der Waals surface area (Å²) in [5.41, 5.74) is 0. The van der Waals surface area contributed by atoms with Crippen LogP contribution in [-0.2, 0) is 14.8 Å². The molecule has 0 aromatic heterocycles. The summed E-state index contributed by atoms with van der Waals surface area (Å²) in [6.07, 6.45) is 1.33. The van der Waals surface area contributed by atoms with Crippen molar-refractivity contribution >= 4 is 50.8 Å². The summed E-state index contributed by atoms with van der Waals surface area (Å²) in [5.74, 6) is -1.99. The Hall–Kier alpha value is -0.730. The van der Waals surface area contributed by atoms with E-state index in [0.717, 1.165) is 10.4 Å². The number of aromatic hydroxyl groups is 1. The molecular weight excluding hydrogens is 377 g/mol. The Labute approximate surface area is 142 Å². The standard InChI is InChI=1S/C12H12Cl3NO5S/c13-6-5-8(11(17)10(15)9(6)14)22(20,21)16-4-2-1-3-7(16)12(18)19/h5,7,17H,1-4H2,(H,18,19)/t7-/m0/s1. The predicted molar refractivity (Wildman–Crippen MR) is 82.3 cm³/mol. The fraction of sp³-hybridized carbons (Fsp3) is 0.417. The lowest BCUT2D eigenvalue weighted by Gasteiger charge is -2.32. The van der Waals surface area contributed by atoms with Crippen molar-refractivity contribution in [2.24, 2.45) is 0 Å². The minimum atomic E-state index is -4.27. The minimum absolute atomic E-state index is 0.0383. The monoisotopic (exact) mass is 387 g/mol. The number of carboxylic acid groups (broad SMARTS) is 1. The molecule has 22 heavy (non-hydrogen) atoms. The molecule has 122 valence electrons. The number of sulfonamides is 1. The molecule has 0 spiro atoms. The highest BCUT2D eigenvalue weighted by atomic mass is 35.5. The summed E-state index contributed by atoms with van der Waals surface area (Å²) >= 11 is 17.3. The van der Waals surface area contributed by atoms with Crippen LogP contribution in [0.15, 0.2) is 11.0 Å². The average Bonchev–Trinajstić information content (AvgIpc) is 2.48. The van der Waals surface area contributed by atoms with E-state index >= 15 is 0 Å². The van der Waals surface area contributed by atoms with Crippen molar-refractivity contribution in [1.29, 1.82) is 0 Å². The molecule has 0 saturated carbocycles. The van der Waals surface area contributed by atoms with Gasteiger partial charge in [-0.1, -0.05) is 34.8 Å². The predicted octanol–water partition coefficient (Wildman–Crippen LogP) is 2.98. The lowest BCUT2D eigenvalue weighted by Crippen LogP contribution is -2.47. The normalized spacial score (nSPS) is 20.0. The molecule has 1 aromatic rings. The van der Waals surface area contributed by atoms with Gasteiger partial charge in [-0.05, 0) is 25.3 Å². The van der Waals surface area contributed by atoms with Crippen LogP contribution in [0.2, 0.25) is 15.1 Å². The number of hydrogen-bond acceptors (Lipinski definition) is 4. The highest BCUT2D eigenvalue weighted by Crippen LogP contribution is 2.42. The van der Waals surface area contributed by atoms with E-state index in [9.17, 15) is 23.4 Å². The van der Waals surface area contributed by atoms with Crippen LogP contribution in [0.25, 0.3) is 0 Å². The fourth-order valence-corrected chi connectivity index (χ4v) is 4.81. The molecule has 6 nitrogen and oxygen atoms in total. The van der Waals surface area contributed by atoms with Crippen LogP contribution in [-0.4, -0.2) is 41.5 Å². The van der Waals surface area contributed by atoms with Crippen molar-refractivity contribution in [2.45, 2.75) is 30.2 Å². The maximum absolute atomic E-state index is 12.7. The molecule has 0 bridgehead atoms. The van der Waals surface area contributed by atoms with Gasteiger partial charge in [-0.3, -0.25) is 4.79 Å². The fourth-order valence-electron chi connectivity index (χ4n) is 2.33. The maximum atomic E-state index is 12.7. The zero-order valence-corrected chi connectivity index (χ0v) is 14.2. The molecule has 1 aliphatic heterocycles. The van der Waals surface area contributed by atoms with Crippen molar-refractivity contribution in [3.05, 3.63) is 21.1 Å². The molecule has 2 rings (SSSR count). The lowest BCUT2D eigenvalue weighted by molar-refractivity contribution is -0.142. The van der Waals surface area contributed by atoms with Crippen molar-refractivity contribution in [3.8, 4) is 5.75 Å². The minimum Gasteiger partial charge on any atom is -0.505 e. The number of halogens is 3. The van der Waals surface area contributed by atoms with Gasteiger partial charge in [0.05, 0.1) is 10.0 Å². The third-order valence-electron chi connectivity index (χ3n) is 3.43. The van der Waals surface area contributed by atoms with Crippen molar-refractivity contribution in [3.63, 3.8) is 0 Å². The molecule has 1 aromatic carbocycles. The lowest BCUT2D eigenvalue weighted by atomic mass is 10.1. The summed E-state index contributed by atoms with van der Waals surface area (Å²) in [4.78, 5) is 10.7. The number of phenolic OH excluding ortho intramolecular Hbond substituents is 1. The van der Waals surface area contributed by atoms with Crippen molar-refractivity contribution in [2.75, 3.05) is 6.54 Å². The van der Waals surface area contributed by atoms with Gasteiger partial charge in [0, 0.05) is 6.54 Å². The first-order valence-corrected chi connectivity index (χ1v) is 8.86. The summed E-state index contributed by atoms with van der Waals surface area (Å²) < 4.78 is 26.2. The van der Waals surface area contributed by atoms with Gasteiger partial charge >= 0.3 is 5.97 Å². The third kappa shape index (κ3) is 3.00. The van der Waals surface area contributed by atoms with E-state index in [1.807, 2.05) is 0 Å². The zero-order chi connectivity index (χ0) is 16.7. The van der Waals surface area contributed by atoms with E-state index in [1.54, 1.807) is 0 Å². The van der Waals surface area contributed by atoms with Crippen LogP contribution in [0.3, 0.4) is 0 Å². The van der Waals surface area contributed by atoms with E-state index in [2.05, 4.69) is 0 Å². The molecular formula is C12H12Cl3NO5S. The number of benzene rings is 1. The molecule has 1 aliphatic rings. The van der Waals surface area contributed by atoms with Crippen molar-refractivity contribution < 1.29 is 23.4 Å². The topological polar surface area (TPSA) is 94.9 Å². The van der Waals surface area contributed by atoms with Gasteiger partial charge in [-0.15, -0.1) is 0 Å². The van der Waals surface area contributed by atoms with E-state index in [4.69, 9.17) is 34.8 Å². The molecule has 0 aliphatic carbocycles. The second kappa shape index (κ2) is 6.41. The number of hydrogen-bond donors (Lipinski definition) is 2. The van der Waals surface area contributed by atoms with Gasteiger partial charge in [-0.25, -0.2) is 8.42 Å². The Morgan fingerprint density at radius 1 is 1.23 bits per heavy atom. The second-order valence-corrected chi connectivity index (χ2v) is 7.82. The van der Waals surface area contributed by atoms with Crippen LogP contribution in [0.5, 0.6) is 5.75 Å². The Balaban J connectivity index is 2.57. The quantitative estimate of drug-likeness (QED) is 0.776. The summed E-state index contributed by atoms with van der Waals surface area (Å²) in [7, 11) is -4.27. The molecule has 0 amide bonds. The maximum Gasteiger partial charge on any atom is 0.322 e. The highest BCUT2D eigenvalue weighted by molar-refractivity contribution is 7.89. The number of rotatable bonds is 3. The summed E-state index contributed by atoms with van der Waals surface area (Å²) in [5, 5.41) is 18.5. The van der Waals surface area contributed by atoms with Crippen LogP contribution < -0.4 is 0 Å². The van der Waals surface area contributed by atoms with Gasteiger partial charge in [0.1, 0.15) is 16.0 Å². The van der Waals surface area contributed by atoms with Gasteiger partial charge in [-0.2, -0.15) is 4.31 Å². The van der Waals surface area contributed by atoms with Gasteiger partial charge in [0.25, 0.3) is 0 Å². The van der Waals surface area contributed by atoms with Gasteiger partial charge < -0.3 is 10.2 Å². The largest absolute Gasteiger partial charge is 0.505 e. The van der Waals surface area contributed by atoms with Crippen molar-refractivity contribution in [1.82, 2.24) is 4.31 Å². The van der Waals surface area contributed by atoms with Crippen LogP contribution in [0, 0.1) is 0 Å². The molecule has 1 fully saturated rings. The number of carboxylic acids is 1. The average molecular weight is 389 g/mol. The summed E-state index contributed by atoms with van der Waals surface area (Å²) in [6, 6.07) is -0.222. The third-order valence-corrected chi connectivity index (χ3v) is 6.60. The second-order valence-electron chi connectivity index (χ2n) is 4.80. The Morgan fingerprint density at radius 3 is 2.45 bits per heavy atom. The molecule has 1 atom stereocenters. The van der Waals surface area contributed by atoms with E-state index in [1.165, 1.54) is 0 Å². The van der Waals surface area contributed by atoms with E-state index in [0.29, 0.717) is 12.8 Å². The Kier molecular flexibility index (Phi) is 5.13. The number of aliphatic carboxylic acids is 1. The molecule has 2 N–H and O–H groups in total. The Bertz CT molecular complexity index is 722. The van der Waals surface area contributed by atoms with Gasteiger partial charge in [0.15, 0.2) is 5.75 Å². The number of piperidine rings is 1. The molecule has 1 saturated heterocycles. The smallest absolute Gasteiger partial charge is 0.322 e. The molecule has 0 unspecified atom stereocenters. The van der Waals surface area contributed by atoms with Crippen LogP contribution in [0.1, 0.15) is 19.3 Å². The number of phenols is 1. The molecule has 1 heterocycles. The van der Waals surface area contributed by atoms with Crippen LogP contribution in [0.4, 0.5) is 0 Å². The number of nitrogens with zero attached hydrogens (tertiary/aromatic N) is 1. The highest BCUT2D eigenvalue weighted by Gasteiger charge is 2.39. The summed E-state index contributed by atoms with van der Waals surface area (Å²) in [6.45, 7) is 0.0383.